The summed E-state index contributed by atoms with van der Waals surface area (Å²) < 4.78 is 0. The van der Waals surface area contributed by atoms with Crippen molar-refractivity contribution in [3.8, 4) is 17.3 Å². The summed E-state index contributed by atoms with van der Waals surface area (Å²) in [6, 6.07) is 14.3. The number of rotatable bonds is 5. The molecule has 0 spiro atoms. The highest BCUT2D eigenvalue weighted by Gasteiger charge is 2.11. The minimum absolute atomic E-state index is 0.0320. The zero-order valence-electron chi connectivity index (χ0n) is 14.8. The van der Waals surface area contributed by atoms with Crippen LogP contribution < -0.4 is 5.32 Å². The van der Waals surface area contributed by atoms with E-state index < -0.39 is 4.92 Å². The highest BCUT2D eigenvalue weighted by Crippen LogP contribution is 2.27. The molecule has 0 aliphatic heterocycles. The van der Waals surface area contributed by atoms with Gasteiger partial charge in [-0.05, 0) is 43.2 Å². The smallest absolute Gasteiger partial charge is 0.269 e. The van der Waals surface area contributed by atoms with Crippen LogP contribution in [0.5, 0.6) is 0 Å². The van der Waals surface area contributed by atoms with Crippen molar-refractivity contribution in [2.75, 3.05) is 5.32 Å². The second kappa shape index (κ2) is 7.81. The maximum atomic E-state index is 10.8. The highest BCUT2D eigenvalue weighted by molar-refractivity contribution is 7.11. The fourth-order valence-electron chi connectivity index (χ4n) is 2.48. The first kappa shape index (κ1) is 18.3. The number of nitrogens with zero attached hydrogens (tertiary/aromatic N) is 3. The Morgan fingerprint density at radius 3 is 2.67 bits per heavy atom. The van der Waals surface area contributed by atoms with E-state index in [0.717, 1.165) is 16.8 Å². The zero-order chi connectivity index (χ0) is 19.4. The Kier molecular flexibility index (Phi) is 5.29. The topological polar surface area (TPSA) is 91.8 Å². The molecule has 134 valence electrons. The fraction of sp³-hybridized carbons (Fsp3) is 0.100. The molecule has 1 N–H and O–H groups in total. The summed E-state index contributed by atoms with van der Waals surface area (Å²) in [5.74, 6) is 0. The first-order valence-corrected chi connectivity index (χ1v) is 9.01. The van der Waals surface area contributed by atoms with E-state index in [9.17, 15) is 15.4 Å². The molecule has 1 heterocycles. The molecule has 3 aromatic rings. The van der Waals surface area contributed by atoms with Crippen LogP contribution >= 0.6 is 11.3 Å². The standard InChI is InChI=1S/C20H16N4O2S/c1-13-4-3-5-18(14(13)2)22-11-16(10-21)20-23-19(12-27-20)15-6-8-17(9-7-15)24(25)26/h3-9,11-12,22H,1-2H3/b16-11-. The number of thiazole rings is 1. The number of allylic oxidation sites excluding steroid dienone is 1. The molecular weight excluding hydrogens is 360 g/mol. The van der Waals surface area contributed by atoms with Crippen LogP contribution in [-0.4, -0.2) is 9.91 Å². The van der Waals surface area contributed by atoms with Crippen LogP contribution in [0.2, 0.25) is 0 Å². The Bertz CT molecular complexity index is 1060. The molecule has 0 unspecified atom stereocenters. The molecule has 0 aliphatic carbocycles. The Morgan fingerprint density at radius 1 is 1.26 bits per heavy atom. The van der Waals surface area contributed by atoms with Gasteiger partial charge in [-0.15, -0.1) is 11.3 Å². The lowest BCUT2D eigenvalue weighted by molar-refractivity contribution is -0.384. The van der Waals surface area contributed by atoms with E-state index in [1.54, 1.807) is 18.3 Å². The van der Waals surface area contributed by atoms with Crippen LogP contribution in [0.25, 0.3) is 16.8 Å². The lowest BCUT2D eigenvalue weighted by Gasteiger charge is -2.08. The number of nitriles is 1. The zero-order valence-corrected chi connectivity index (χ0v) is 15.6. The third-order valence-corrected chi connectivity index (χ3v) is 5.08. The normalized spacial score (nSPS) is 11.1. The molecule has 0 saturated heterocycles. The first-order chi connectivity index (χ1) is 13.0. The van der Waals surface area contributed by atoms with Crippen LogP contribution in [0.1, 0.15) is 16.1 Å². The Hall–Kier alpha value is -3.50. The van der Waals surface area contributed by atoms with Crippen molar-refractivity contribution in [2.45, 2.75) is 13.8 Å². The number of benzene rings is 2. The van der Waals surface area contributed by atoms with E-state index in [1.165, 1.54) is 29.0 Å². The van der Waals surface area contributed by atoms with Gasteiger partial charge in [0.25, 0.3) is 5.69 Å². The molecule has 0 radical (unpaired) electrons. The average Bonchev–Trinajstić information content (AvgIpc) is 3.15. The minimum Gasteiger partial charge on any atom is -0.360 e. The largest absolute Gasteiger partial charge is 0.360 e. The average molecular weight is 376 g/mol. The quantitative estimate of drug-likeness (QED) is 0.370. The van der Waals surface area contributed by atoms with Gasteiger partial charge in [0.15, 0.2) is 0 Å². The van der Waals surface area contributed by atoms with E-state index in [1.807, 2.05) is 37.4 Å². The maximum Gasteiger partial charge on any atom is 0.269 e. The number of aryl methyl sites for hydroxylation is 1. The van der Waals surface area contributed by atoms with E-state index in [4.69, 9.17) is 0 Å². The molecule has 3 rings (SSSR count). The summed E-state index contributed by atoms with van der Waals surface area (Å²) in [5.41, 5.74) is 5.13. The number of nitro groups is 1. The molecule has 0 aliphatic rings. The molecule has 0 fully saturated rings. The summed E-state index contributed by atoms with van der Waals surface area (Å²) in [7, 11) is 0. The Morgan fingerprint density at radius 2 is 2.00 bits per heavy atom. The SMILES string of the molecule is Cc1cccc(N/C=C(/C#N)c2nc(-c3ccc([N+](=O)[O-])cc3)cs2)c1C. The summed E-state index contributed by atoms with van der Waals surface area (Å²) in [4.78, 5) is 14.8. The predicted octanol–water partition coefficient (Wildman–Crippen LogP) is 5.31. The van der Waals surface area contributed by atoms with Crippen molar-refractivity contribution in [3.05, 3.63) is 80.3 Å². The lowest BCUT2D eigenvalue weighted by atomic mass is 10.1. The maximum absolute atomic E-state index is 10.8. The molecule has 27 heavy (non-hydrogen) atoms. The predicted molar refractivity (Wildman–Crippen MR) is 107 cm³/mol. The van der Waals surface area contributed by atoms with E-state index in [0.29, 0.717) is 16.3 Å². The molecule has 2 aromatic carbocycles. The molecule has 0 bridgehead atoms. The number of nitro benzene ring substituents is 1. The molecule has 0 saturated carbocycles. The second-order valence-corrected chi connectivity index (χ2v) is 6.76. The number of anilines is 1. The molecule has 1 aromatic heterocycles. The van der Waals surface area contributed by atoms with E-state index >= 15 is 0 Å². The monoisotopic (exact) mass is 376 g/mol. The molecule has 0 atom stereocenters. The van der Waals surface area contributed by atoms with Gasteiger partial charge >= 0.3 is 0 Å². The summed E-state index contributed by atoms with van der Waals surface area (Å²) >= 11 is 1.35. The number of aromatic nitrogens is 1. The van der Waals surface area contributed by atoms with E-state index in [2.05, 4.69) is 16.4 Å². The van der Waals surface area contributed by atoms with Gasteiger partial charge in [0.1, 0.15) is 16.6 Å². The molecular formula is C20H16N4O2S. The number of non-ortho nitro benzene ring substituents is 1. The van der Waals surface area contributed by atoms with E-state index in [-0.39, 0.29) is 5.69 Å². The van der Waals surface area contributed by atoms with Gasteiger partial charge in [-0.1, -0.05) is 12.1 Å². The number of hydrogen-bond acceptors (Lipinski definition) is 6. The number of nitrogens with one attached hydrogen (secondary N) is 1. The van der Waals surface area contributed by atoms with Crippen molar-refractivity contribution in [1.82, 2.24) is 4.98 Å². The number of hydrogen-bond donors (Lipinski definition) is 1. The van der Waals surface area contributed by atoms with Gasteiger partial charge in [-0.25, -0.2) is 4.98 Å². The van der Waals surface area contributed by atoms with Gasteiger partial charge in [-0.3, -0.25) is 10.1 Å². The van der Waals surface area contributed by atoms with Crippen molar-refractivity contribution in [2.24, 2.45) is 0 Å². The third-order valence-electron chi connectivity index (χ3n) is 4.21. The Labute approximate surface area is 160 Å². The van der Waals surface area contributed by atoms with Gasteiger partial charge < -0.3 is 5.32 Å². The third kappa shape index (κ3) is 4.02. The van der Waals surface area contributed by atoms with Crippen molar-refractivity contribution >= 4 is 28.3 Å². The van der Waals surface area contributed by atoms with Crippen molar-refractivity contribution in [3.63, 3.8) is 0 Å². The molecule has 0 amide bonds. The van der Waals surface area contributed by atoms with Crippen LogP contribution in [0.4, 0.5) is 11.4 Å². The van der Waals surface area contributed by atoms with Gasteiger partial charge in [0.05, 0.1) is 10.6 Å². The van der Waals surface area contributed by atoms with Crippen LogP contribution in [-0.2, 0) is 0 Å². The summed E-state index contributed by atoms with van der Waals surface area (Å²) in [5, 5.41) is 25.8. The molecule has 7 heteroatoms. The van der Waals surface area contributed by atoms with Crippen molar-refractivity contribution < 1.29 is 4.92 Å². The van der Waals surface area contributed by atoms with Gasteiger partial charge in [0, 0.05) is 35.0 Å². The van der Waals surface area contributed by atoms with Crippen LogP contribution in [0.3, 0.4) is 0 Å². The van der Waals surface area contributed by atoms with Crippen LogP contribution in [0.15, 0.2) is 54.0 Å². The molecule has 6 nitrogen and oxygen atoms in total. The highest BCUT2D eigenvalue weighted by atomic mass is 32.1. The first-order valence-electron chi connectivity index (χ1n) is 8.13. The minimum atomic E-state index is -0.439. The summed E-state index contributed by atoms with van der Waals surface area (Å²) in [6.07, 6.45) is 1.65. The Balaban J connectivity index is 1.84. The van der Waals surface area contributed by atoms with Gasteiger partial charge in [-0.2, -0.15) is 5.26 Å². The lowest BCUT2D eigenvalue weighted by Crippen LogP contribution is -1.95. The fourth-order valence-corrected chi connectivity index (χ4v) is 3.28. The second-order valence-electron chi connectivity index (χ2n) is 5.90. The van der Waals surface area contributed by atoms with Crippen molar-refractivity contribution in [1.29, 1.82) is 5.26 Å². The van der Waals surface area contributed by atoms with Crippen LogP contribution in [0, 0.1) is 35.3 Å². The van der Waals surface area contributed by atoms with Gasteiger partial charge in [0.2, 0.25) is 0 Å². The summed E-state index contributed by atoms with van der Waals surface area (Å²) in [6.45, 7) is 4.06.